The molecule has 0 radical (unpaired) electrons. The van der Waals surface area contributed by atoms with Gasteiger partial charge in [0.2, 0.25) is 5.91 Å². The van der Waals surface area contributed by atoms with E-state index in [1.165, 1.54) is 0 Å². The third-order valence-corrected chi connectivity index (χ3v) is 4.09. The molecular formula is C14H27N3O2. The quantitative estimate of drug-likeness (QED) is 0.798. The number of ether oxygens (including phenoxy) is 1. The molecule has 1 N–H and O–H groups in total. The second kappa shape index (κ2) is 7.22. The summed E-state index contributed by atoms with van der Waals surface area (Å²) in [7, 11) is 0. The van der Waals surface area contributed by atoms with E-state index in [1.54, 1.807) is 0 Å². The number of carbonyl (C=O) groups is 1. The van der Waals surface area contributed by atoms with E-state index in [0.29, 0.717) is 37.6 Å². The summed E-state index contributed by atoms with van der Waals surface area (Å²) >= 11 is 0. The number of carbonyl (C=O) groups excluding carboxylic acids is 1. The van der Waals surface area contributed by atoms with Crippen LogP contribution >= 0.6 is 0 Å². The number of amides is 1. The molecule has 5 nitrogen and oxygen atoms in total. The maximum atomic E-state index is 12.0. The molecule has 2 atom stereocenters. The Kier molecular flexibility index (Phi) is 5.60. The highest BCUT2D eigenvalue weighted by atomic mass is 16.5. The molecule has 0 spiro atoms. The lowest BCUT2D eigenvalue weighted by Gasteiger charge is -2.37. The van der Waals surface area contributed by atoms with E-state index in [2.05, 4.69) is 24.1 Å². The van der Waals surface area contributed by atoms with Crippen LogP contribution in [0.2, 0.25) is 0 Å². The minimum absolute atomic E-state index is 0.291. The molecule has 2 rings (SSSR count). The average Bonchev–Trinajstić information content (AvgIpc) is 2.43. The molecule has 0 aromatic carbocycles. The van der Waals surface area contributed by atoms with Gasteiger partial charge in [0.05, 0.1) is 13.2 Å². The summed E-state index contributed by atoms with van der Waals surface area (Å²) in [6, 6.07) is 1.14. The third-order valence-electron chi connectivity index (χ3n) is 4.09. The van der Waals surface area contributed by atoms with E-state index in [9.17, 15) is 4.79 Å². The van der Waals surface area contributed by atoms with Crippen LogP contribution in [0.4, 0.5) is 0 Å². The average molecular weight is 269 g/mol. The van der Waals surface area contributed by atoms with Gasteiger partial charge < -0.3 is 15.0 Å². The summed E-state index contributed by atoms with van der Waals surface area (Å²) in [6.07, 6.45) is 1.64. The Hall–Kier alpha value is -0.650. The lowest BCUT2D eigenvalue weighted by atomic mass is 10.1. The van der Waals surface area contributed by atoms with Crippen LogP contribution in [0.25, 0.3) is 0 Å². The number of nitrogens with zero attached hydrogens (tertiary/aromatic N) is 2. The van der Waals surface area contributed by atoms with Crippen LogP contribution in [0.3, 0.4) is 0 Å². The van der Waals surface area contributed by atoms with Crippen molar-refractivity contribution < 1.29 is 9.53 Å². The van der Waals surface area contributed by atoms with Crippen LogP contribution in [-0.2, 0) is 9.53 Å². The summed E-state index contributed by atoms with van der Waals surface area (Å²) < 4.78 is 5.27. The molecule has 19 heavy (non-hydrogen) atoms. The van der Waals surface area contributed by atoms with Gasteiger partial charge in [-0.2, -0.15) is 0 Å². The van der Waals surface area contributed by atoms with Crippen molar-refractivity contribution >= 4 is 5.91 Å². The first-order valence-corrected chi connectivity index (χ1v) is 7.50. The zero-order chi connectivity index (χ0) is 13.7. The lowest BCUT2D eigenvalue weighted by Crippen LogP contribution is -2.54. The van der Waals surface area contributed by atoms with Crippen molar-refractivity contribution in [3.05, 3.63) is 0 Å². The van der Waals surface area contributed by atoms with Crippen LogP contribution in [0.15, 0.2) is 0 Å². The molecule has 110 valence electrons. The topological polar surface area (TPSA) is 44.8 Å². The molecule has 0 aliphatic carbocycles. The van der Waals surface area contributed by atoms with Crippen LogP contribution in [0.5, 0.6) is 0 Å². The number of hydrogen-bond acceptors (Lipinski definition) is 4. The summed E-state index contributed by atoms with van der Waals surface area (Å²) in [5.74, 6) is 0.291. The molecule has 2 saturated heterocycles. The molecule has 0 aromatic rings. The SMILES string of the molecule is CC1CN(CCCC(=O)N2CCOCC2)C(C)CN1. The number of piperazine rings is 1. The Morgan fingerprint density at radius 1 is 1.32 bits per heavy atom. The molecule has 0 aromatic heterocycles. The van der Waals surface area contributed by atoms with Crippen molar-refractivity contribution in [2.45, 2.75) is 38.8 Å². The molecule has 2 fully saturated rings. The monoisotopic (exact) mass is 269 g/mol. The van der Waals surface area contributed by atoms with E-state index < -0.39 is 0 Å². The van der Waals surface area contributed by atoms with Gasteiger partial charge in [-0.1, -0.05) is 0 Å². The zero-order valence-electron chi connectivity index (χ0n) is 12.2. The second-order valence-electron chi connectivity index (χ2n) is 5.75. The minimum atomic E-state index is 0.291. The first-order chi connectivity index (χ1) is 9.16. The van der Waals surface area contributed by atoms with Gasteiger partial charge in [-0.25, -0.2) is 0 Å². The fraction of sp³-hybridized carbons (Fsp3) is 0.929. The zero-order valence-corrected chi connectivity index (χ0v) is 12.2. The van der Waals surface area contributed by atoms with Gasteiger partial charge in [-0.05, 0) is 26.8 Å². The number of hydrogen-bond donors (Lipinski definition) is 1. The lowest BCUT2D eigenvalue weighted by molar-refractivity contribution is -0.135. The predicted octanol–water partition coefficient (Wildman–Crippen LogP) is 0.308. The van der Waals surface area contributed by atoms with Crippen molar-refractivity contribution in [1.29, 1.82) is 0 Å². The summed E-state index contributed by atoms with van der Waals surface area (Å²) in [5, 5.41) is 3.48. The maximum Gasteiger partial charge on any atom is 0.222 e. The fourth-order valence-corrected chi connectivity index (χ4v) is 2.81. The smallest absolute Gasteiger partial charge is 0.222 e. The maximum absolute atomic E-state index is 12.0. The van der Waals surface area contributed by atoms with Gasteiger partial charge in [0.25, 0.3) is 0 Å². The Morgan fingerprint density at radius 3 is 2.79 bits per heavy atom. The van der Waals surface area contributed by atoms with Crippen LogP contribution in [0.1, 0.15) is 26.7 Å². The molecule has 2 aliphatic rings. The van der Waals surface area contributed by atoms with Gasteiger partial charge >= 0.3 is 0 Å². The Bertz CT molecular complexity index is 292. The van der Waals surface area contributed by atoms with Crippen molar-refractivity contribution in [2.24, 2.45) is 0 Å². The fourth-order valence-electron chi connectivity index (χ4n) is 2.81. The van der Waals surface area contributed by atoms with Crippen LogP contribution in [-0.4, -0.2) is 73.7 Å². The normalized spacial score (nSPS) is 29.5. The molecule has 2 heterocycles. The van der Waals surface area contributed by atoms with Gasteiger partial charge in [0.1, 0.15) is 0 Å². The van der Waals surface area contributed by atoms with E-state index in [1.807, 2.05) is 4.90 Å². The molecule has 0 saturated carbocycles. The standard InChI is InChI=1S/C14H27N3O2/c1-12-11-17(13(2)10-15-12)5-3-4-14(18)16-6-8-19-9-7-16/h12-13,15H,3-11H2,1-2H3. The summed E-state index contributed by atoms with van der Waals surface area (Å²) in [5.41, 5.74) is 0. The highest BCUT2D eigenvalue weighted by molar-refractivity contribution is 5.76. The highest BCUT2D eigenvalue weighted by Gasteiger charge is 2.22. The minimum Gasteiger partial charge on any atom is -0.378 e. The van der Waals surface area contributed by atoms with Gasteiger partial charge in [0.15, 0.2) is 0 Å². The van der Waals surface area contributed by atoms with Crippen molar-refractivity contribution in [3.63, 3.8) is 0 Å². The molecule has 1 amide bonds. The molecule has 5 heteroatoms. The molecule has 2 aliphatic heterocycles. The number of rotatable bonds is 4. The number of nitrogens with one attached hydrogen (secondary N) is 1. The second-order valence-corrected chi connectivity index (χ2v) is 5.75. The first kappa shape index (κ1) is 14.8. The van der Waals surface area contributed by atoms with Gasteiger partial charge in [-0.3, -0.25) is 9.69 Å². The van der Waals surface area contributed by atoms with Gasteiger partial charge in [-0.15, -0.1) is 0 Å². The molecule has 2 unspecified atom stereocenters. The predicted molar refractivity (Wildman–Crippen MR) is 75.1 cm³/mol. The van der Waals surface area contributed by atoms with Crippen molar-refractivity contribution in [2.75, 3.05) is 45.9 Å². The van der Waals surface area contributed by atoms with Crippen molar-refractivity contribution in [1.82, 2.24) is 15.1 Å². The number of morpholine rings is 1. The Labute approximate surface area is 116 Å². The van der Waals surface area contributed by atoms with Gasteiger partial charge in [0, 0.05) is 44.7 Å². The van der Waals surface area contributed by atoms with E-state index in [0.717, 1.165) is 39.1 Å². The third kappa shape index (κ3) is 4.44. The van der Waals surface area contributed by atoms with Crippen molar-refractivity contribution in [3.8, 4) is 0 Å². The van der Waals surface area contributed by atoms with E-state index in [4.69, 9.17) is 4.74 Å². The first-order valence-electron chi connectivity index (χ1n) is 7.50. The molecule has 0 bridgehead atoms. The summed E-state index contributed by atoms with van der Waals surface area (Å²) in [6.45, 7) is 10.6. The van der Waals surface area contributed by atoms with E-state index in [-0.39, 0.29) is 0 Å². The van der Waals surface area contributed by atoms with Crippen LogP contribution < -0.4 is 5.32 Å². The van der Waals surface area contributed by atoms with E-state index >= 15 is 0 Å². The Balaban J connectivity index is 1.66. The van der Waals surface area contributed by atoms with Crippen LogP contribution in [0, 0.1) is 0 Å². The summed E-state index contributed by atoms with van der Waals surface area (Å²) in [4.78, 5) is 16.5. The Morgan fingerprint density at radius 2 is 2.05 bits per heavy atom. The largest absolute Gasteiger partial charge is 0.378 e. The highest BCUT2D eigenvalue weighted by Crippen LogP contribution is 2.09. The molecular weight excluding hydrogens is 242 g/mol.